The number of benzene rings is 2. The molecule has 2 aromatic carbocycles. The Morgan fingerprint density at radius 3 is 2.76 bits per heavy atom. The Balaban J connectivity index is 1.60. The van der Waals surface area contributed by atoms with Gasteiger partial charge in [-0.1, -0.05) is 12.8 Å². The Hall–Kier alpha value is -4.49. The Labute approximate surface area is 219 Å². The van der Waals surface area contributed by atoms with Crippen molar-refractivity contribution in [3.8, 4) is 29.4 Å². The van der Waals surface area contributed by atoms with Crippen LogP contribution in [0, 0.1) is 24.0 Å². The molecule has 4 aromatic rings. The van der Waals surface area contributed by atoms with Crippen LogP contribution in [0.5, 0.6) is 5.75 Å². The van der Waals surface area contributed by atoms with Gasteiger partial charge in [0.05, 0.1) is 18.5 Å². The first-order valence-electron chi connectivity index (χ1n) is 12.1. The van der Waals surface area contributed by atoms with Gasteiger partial charge in [-0.3, -0.25) is 9.20 Å². The molecule has 38 heavy (non-hydrogen) atoms. The number of fused-ring (bicyclic) bond motifs is 1. The number of hydrogen-bond donors (Lipinski definition) is 2. The van der Waals surface area contributed by atoms with Crippen molar-refractivity contribution in [2.24, 2.45) is 0 Å². The van der Waals surface area contributed by atoms with E-state index in [1.165, 1.54) is 24.5 Å². The van der Waals surface area contributed by atoms with E-state index in [9.17, 15) is 13.6 Å². The molecule has 10 heteroatoms. The Morgan fingerprint density at radius 2 is 2.00 bits per heavy atom. The van der Waals surface area contributed by atoms with Crippen LogP contribution in [-0.2, 0) is 11.2 Å². The molecule has 0 saturated heterocycles. The first kappa shape index (κ1) is 26.6. The monoisotopic (exact) mass is 519 g/mol. The Morgan fingerprint density at radius 1 is 1.16 bits per heavy atom. The zero-order valence-electron chi connectivity index (χ0n) is 21.1. The summed E-state index contributed by atoms with van der Waals surface area (Å²) in [7, 11) is 0. The second-order valence-electron chi connectivity index (χ2n) is 8.15. The van der Waals surface area contributed by atoms with Gasteiger partial charge in [0.15, 0.2) is 23.0 Å². The van der Waals surface area contributed by atoms with Crippen molar-refractivity contribution in [1.82, 2.24) is 19.7 Å². The zero-order valence-corrected chi connectivity index (χ0v) is 21.1. The summed E-state index contributed by atoms with van der Waals surface area (Å²) in [6.45, 7) is 5.16. The topological polar surface area (TPSA) is 89.8 Å². The number of carbonyl (C=O) groups is 1. The average Bonchev–Trinajstić information content (AvgIpc) is 3.36. The fourth-order valence-electron chi connectivity index (χ4n) is 3.97. The van der Waals surface area contributed by atoms with E-state index in [1.54, 1.807) is 22.7 Å². The lowest BCUT2D eigenvalue weighted by Crippen LogP contribution is -2.28. The van der Waals surface area contributed by atoms with E-state index in [1.807, 2.05) is 19.9 Å². The summed E-state index contributed by atoms with van der Waals surface area (Å²) in [4.78, 5) is 21.4. The molecule has 0 spiro atoms. The second kappa shape index (κ2) is 12.2. The Bertz CT molecular complexity index is 1500. The lowest BCUT2D eigenvalue weighted by Gasteiger charge is -2.13. The summed E-state index contributed by atoms with van der Waals surface area (Å²) in [6.07, 6.45) is 10.3. The number of imidazole rings is 1. The zero-order chi connectivity index (χ0) is 27.1. The Kier molecular flexibility index (Phi) is 8.51. The molecule has 8 nitrogen and oxygen atoms in total. The van der Waals surface area contributed by atoms with Gasteiger partial charge in [0.1, 0.15) is 6.61 Å². The molecule has 2 N–H and O–H groups in total. The van der Waals surface area contributed by atoms with Gasteiger partial charge < -0.3 is 20.1 Å². The summed E-state index contributed by atoms with van der Waals surface area (Å²) in [6, 6.07) is 8.13. The minimum Gasteiger partial charge on any atom is -0.478 e. The first-order valence-corrected chi connectivity index (χ1v) is 12.1. The molecule has 0 aliphatic rings. The van der Waals surface area contributed by atoms with Gasteiger partial charge >= 0.3 is 0 Å². The van der Waals surface area contributed by atoms with E-state index in [2.05, 4.69) is 26.5 Å². The number of ether oxygens (including phenoxy) is 2. The quantitative estimate of drug-likeness (QED) is 0.219. The molecule has 0 fully saturated rings. The van der Waals surface area contributed by atoms with Crippen LogP contribution in [0.25, 0.3) is 16.9 Å². The van der Waals surface area contributed by atoms with Crippen molar-refractivity contribution in [2.45, 2.75) is 20.3 Å². The predicted molar refractivity (Wildman–Crippen MR) is 141 cm³/mol. The number of amides is 1. The van der Waals surface area contributed by atoms with Crippen LogP contribution in [-0.4, -0.2) is 46.6 Å². The summed E-state index contributed by atoms with van der Waals surface area (Å²) < 4.78 is 41.4. The number of aryl methyl sites for hydroxylation is 1. The molecular formula is C28H27F2N5O3. The molecule has 2 aromatic heterocycles. The lowest BCUT2D eigenvalue weighted by atomic mass is 10.0. The average molecular weight is 520 g/mol. The number of rotatable bonds is 11. The van der Waals surface area contributed by atoms with Crippen LogP contribution in [0.4, 0.5) is 20.3 Å². The number of nitrogens with one attached hydrogen (secondary N) is 2. The smallest absolute Gasteiger partial charge is 0.251 e. The molecule has 1 amide bonds. The van der Waals surface area contributed by atoms with Crippen LogP contribution >= 0.6 is 0 Å². The number of terminal acetylenes is 1. The summed E-state index contributed by atoms with van der Waals surface area (Å²) in [5.74, 6) is -0.0116. The number of aromatic nitrogens is 3. The van der Waals surface area contributed by atoms with Crippen LogP contribution < -0.4 is 15.4 Å². The van der Waals surface area contributed by atoms with Gasteiger partial charge in [0.2, 0.25) is 5.82 Å². The minimum atomic E-state index is -1.13. The maximum Gasteiger partial charge on any atom is 0.251 e. The fourth-order valence-corrected chi connectivity index (χ4v) is 3.97. The summed E-state index contributed by atoms with van der Waals surface area (Å²) in [5, 5.41) is 6.08. The molecule has 0 unspecified atom stereocenters. The van der Waals surface area contributed by atoms with Gasteiger partial charge in [0.25, 0.3) is 5.91 Å². The number of halogens is 2. The first-order chi connectivity index (χ1) is 18.5. The molecule has 196 valence electrons. The molecule has 0 bridgehead atoms. The minimum absolute atomic E-state index is 0.00757. The number of nitrogens with zero attached hydrogens (tertiary/aromatic N) is 3. The predicted octanol–water partition coefficient (Wildman–Crippen LogP) is 4.76. The standard InChI is InChI=1S/C28H27F2N5O3/c1-4-14-38-23-10-9-21(24(29)25(23)30)22-17-33-27-26(31-11-13-35(22)27)34-19-7-8-20(18(5-2)16-19)28(36)32-12-15-37-6-3/h1,7-11,13,16-17H,5-6,12,14-15H2,2-3H3,(H,31,34)(H,32,36). The van der Waals surface area contributed by atoms with Crippen molar-refractivity contribution in [3.05, 3.63) is 71.7 Å². The van der Waals surface area contributed by atoms with Crippen LogP contribution in [0.1, 0.15) is 29.8 Å². The molecular weight excluding hydrogens is 492 g/mol. The molecule has 0 aliphatic heterocycles. The number of carbonyl (C=O) groups excluding carboxylic acids is 1. The van der Waals surface area contributed by atoms with Crippen molar-refractivity contribution in [3.63, 3.8) is 0 Å². The molecule has 0 saturated carbocycles. The third kappa shape index (κ3) is 5.58. The molecule has 2 heterocycles. The van der Waals surface area contributed by atoms with Crippen molar-refractivity contribution >= 4 is 23.1 Å². The van der Waals surface area contributed by atoms with E-state index in [4.69, 9.17) is 15.9 Å². The van der Waals surface area contributed by atoms with Crippen molar-refractivity contribution < 1.29 is 23.0 Å². The maximum absolute atomic E-state index is 14.9. The molecule has 0 radical (unpaired) electrons. The van der Waals surface area contributed by atoms with Gasteiger partial charge in [0, 0.05) is 42.4 Å². The maximum atomic E-state index is 14.9. The summed E-state index contributed by atoms with van der Waals surface area (Å²) in [5.41, 5.74) is 2.88. The number of hydrogen-bond acceptors (Lipinski definition) is 6. The molecule has 4 rings (SSSR count). The van der Waals surface area contributed by atoms with E-state index in [-0.39, 0.29) is 23.8 Å². The highest BCUT2D eigenvalue weighted by atomic mass is 19.2. The highest BCUT2D eigenvalue weighted by Gasteiger charge is 2.20. The van der Waals surface area contributed by atoms with Crippen LogP contribution in [0.3, 0.4) is 0 Å². The second-order valence-corrected chi connectivity index (χ2v) is 8.15. The normalized spacial score (nSPS) is 10.8. The third-order valence-corrected chi connectivity index (χ3v) is 5.79. The van der Waals surface area contributed by atoms with Crippen molar-refractivity contribution in [1.29, 1.82) is 0 Å². The highest BCUT2D eigenvalue weighted by molar-refractivity contribution is 5.96. The van der Waals surface area contributed by atoms with Gasteiger partial charge in [-0.15, -0.1) is 6.42 Å². The highest BCUT2D eigenvalue weighted by Crippen LogP contribution is 2.32. The number of anilines is 2. The van der Waals surface area contributed by atoms with E-state index < -0.39 is 11.6 Å². The van der Waals surface area contributed by atoms with Gasteiger partial charge in [-0.2, -0.15) is 4.39 Å². The fraction of sp³-hybridized carbons (Fsp3) is 0.250. The van der Waals surface area contributed by atoms with Gasteiger partial charge in [-0.25, -0.2) is 14.4 Å². The van der Waals surface area contributed by atoms with Crippen molar-refractivity contribution in [2.75, 3.05) is 31.7 Å². The van der Waals surface area contributed by atoms with Gasteiger partial charge in [-0.05, 0) is 49.2 Å². The molecule has 0 aliphatic carbocycles. The summed E-state index contributed by atoms with van der Waals surface area (Å²) >= 11 is 0. The van der Waals surface area contributed by atoms with E-state index in [0.717, 1.165) is 5.56 Å². The van der Waals surface area contributed by atoms with E-state index in [0.29, 0.717) is 54.6 Å². The third-order valence-electron chi connectivity index (χ3n) is 5.79. The van der Waals surface area contributed by atoms with Crippen LogP contribution in [0.2, 0.25) is 0 Å². The largest absolute Gasteiger partial charge is 0.478 e. The SMILES string of the molecule is C#CCOc1ccc(-c2cnc3c(Nc4ccc(C(=O)NCCOCC)c(CC)c4)nccn23)c(F)c1F. The molecule has 0 atom stereocenters. The van der Waals surface area contributed by atoms with E-state index >= 15 is 0 Å². The van der Waals surface area contributed by atoms with Crippen LogP contribution in [0.15, 0.2) is 48.9 Å². The lowest BCUT2D eigenvalue weighted by molar-refractivity contribution is 0.0921.